The van der Waals surface area contributed by atoms with E-state index in [1.54, 1.807) is 72.0 Å². The van der Waals surface area contributed by atoms with Crippen molar-refractivity contribution >= 4 is 46.5 Å². The number of hydrogen-bond acceptors (Lipinski definition) is 7. The van der Waals surface area contributed by atoms with Crippen LogP contribution >= 0.6 is 22.9 Å². The number of nitrogens with one attached hydrogen (secondary N) is 1. The number of benzene rings is 1. The zero-order valence-corrected chi connectivity index (χ0v) is 19.0. The Kier molecular flexibility index (Phi) is 7.13. The molecule has 0 saturated carbocycles. The molecule has 9 heteroatoms. The van der Waals surface area contributed by atoms with Gasteiger partial charge < -0.3 is 14.8 Å². The molecule has 0 fully saturated rings. The lowest BCUT2D eigenvalue weighted by molar-refractivity contribution is 0.0431. The van der Waals surface area contributed by atoms with Gasteiger partial charge in [0.2, 0.25) is 0 Å². The van der Waals surface area contributed by atoms with Crippen molar-refractivity contribution in [3.8, 4) is 0 Å². The highest BCUT2D eigenvalue weighted by atomic mass is 35.5. The predicted molar refractivity (Wildman–Crippen MR) is 116 cm³/mol. The lowest BCUT2D eigenvalue weighted by atomic mass is 10.2. The van der Waals surface area contributed by atoms with Crippen LogP contribution < -0.4 is 10.2 Å². The third-order valence-corrected chi connectivity index (χ3v) is 4.38. The number of nitrogens with zero attached hydrogens (tertiary/aromatic N) is 2. The fourth-order valence-corrected chi connectivity index (χ4v) is 3.10. The summed E-state index contributed by atoms with van der Waals surface area (Å²) in [7, 11) is 0. The molecule has 1 heterocycles. The third-order valence-electron chi connectivity index (χ3n) is 3.27. The Morgan fingerprint density at radius 2 is 1.55 bits per heavy atom. The molecule has 0 atom stereocenters. The van der Waals surface area contributed by atoms with Gasteiger partial charge in [-0.1, -0.05) is 11.6 Å². The highest BCUT2D eigenvalue weighted by Crippen LogP contribution is 2.24. The highest BCUT2D eigenvalue weighted by molar-refractivity contribution is 7.15. The summed E-state index contributed by atoms with van der Waals surface area (Å²) in [4.78, 5) is 31.2. The van der Waals surface area contributed by atoms with E-state index in [1.165, 1.54) is 11.3 Å². The number of anilines is 2. The number of imide groups is 1. The number of thiazole rings is 1. The molecular formula is C20H26ClN3O4S. The SMILES string of the molecule is CC(C)(C)OC(=O)N(C(=O)OC(C)(C)C)c1ccc(NCc2cnc(Cl)s2)cc1. The van der Waals surface area contributed by atoms with Gasteiger partial charge in [-0.05, 0) is 65.8 Å². The average molecular weight is 440 g/mol. The summed E-state index contributed by atoms with van der Waals surface area (Å²) in [5, 5.41) is 3.24. The van der Waals surface area contributed by atoms with Crippen LogP contribution in [0.3, 0.4) is 0 Å². The van der Waals surface area contributed by atoms with Gasteiger partial charge in [0, 0.05) is 16.8 Å². The molecular weight excluding hydrogens is 414 g/mol. The van der Waals surface area contributed by atoms with E-state index in [0.717, 1.165) is 15.5 Å². The number of aromatic nitrogens is 1. The Morgan fingerprint density at radius 1 is 1.03 bits per heavy atom. The van der Waals surface area contributed by atoms with Crippen LogP contribution in [-0.2, 0) is 16.0 Å². The van der Waals surface area contributed by atoms with Crippen LogP contribution in [0, 0.1) is 0 Å². The standard InChI is InChI=1S/C20H26ClN3O4S/c1-19(2,3)27-17(25)24(18(26)28-20(4,5)6)14-9-7-13(8-10-14)22-11-15-12-23-16(21)29-15/h7-10,12,22H,11H2,1-6H3. The van der Waals surface area contributed by atoms with Crippen LogP contribution in [0.25, 0.3) is 0 Å². The highest BCUT2D eigenvalue weighted by Gasteiger charge is 2.32. The summed E-state index contributed by atoms with van der Waals surface area (Å²) in [6.45, 7) is 11.0. The monoisotopic (exact) mass is 439 g/mol. The Labute approximate surface area is 180 Å². The number of hydrogen-bond donors (Lipinski definition) is 1. The van der Waals surface area contributed by atoms with Gasteiger partial charge in [-0.2, -0.15) is 4.90 Å². The van der Waals surface area contributed by atoms with Crippen LogP contribution in [0.2, 0.25) is 4.47 Å². The van der Waals surface area contributed by atoms with Crippen LogP contribution in [0.5, 0.6) is 0 Å². The first-order chi connectivity index (χ1) is 13.3. The summed E-state index contributed by atoms with van der Waals surface area (Å²) >= 11 is 7.23. The van der Waals surface area contributed by atoms with Gasteiger partial charge >= 0.3 is 12.2 Å². The van der Waals surface area contributed by atoms with Gasteiger partial charge in [0.1, 0.15) is 11.2 Å². The van der Waals surface area contributed by atoms with E-state index in [-0.39, 0.29) is 0 Å². The van der Waals surface area contributed by atoms with Gasteiger partial charge in [-0.15, -0.1) is 11.3 Å². The summed E-state index contributed by atoms with van der Waals surface area (Å²) in [6.07, 6.45) is 0.111. The Balaban J connectivity index is 2.18. The Hall–Kier alpha value is -2.32. The van der Waals surface area contributed by atoms with Crippen molar-refractivity contribution in [1.82, 2.24) is 4.98 Å². The molecule has 0 bridgehead atoms. The number of ether oxygens (including phenoxy) is 2. The minimum Gasteiger partial charge on any atom is -0.443 e. The van der Waals surface area contributed by atoms with Crippen LogP contribution in [0.15, 0.2) is 30.5 Å². The van der Waals surface area contributed by atoms with Crippen molar-refractivity contribution in [2.24, 2.45) is 0 Å². The van der Waals surface area contributed by atoms with E-state index in [1.807, 2.05) is 0 Å². The van der Waals surface area contributed by atoms with Crippen molar-refractivity contribution in [3.63, 3.8) is 0 Å². The first kappa shape index (κ1) is 23.0. The number of amides is 2. The van der Waals surface area contributed by atoms with Crippen molar-refractivity contribution < 1.29 is 19.1 Å². The van der Waals surface area contributed by atoms with E-state index in [9.17, 15) is 9.59 Å². The molecule has 2 amide bonds. The Bertz CT molecular complexity index is 826. The number of halogens is 1. The minimum absolute atomic E-state index is 0.347. The molecule has 0 radical (unpaired) electrons. The summed E-state index contributed by atoms with van der Waals surface area (Å²) in [5.74, 6) is 0. The maximum absolute atomic E-state index is 12.7. The lowest BCUT2D eigenvalue weighted by Gasteiger charge is -2.28. The molecule has 1 aromatic carbocycles. The summed E-state index contributed by atoms with van der Waals surface area (Å²) < 4.78 is 11.2. The largest absolute Gasteiger partial charge is 0.443 e. The second-order valence-corrected chi connectivity index (χ2v) is 9.97. The summed E-state index contributed by atoms with van der Waals surface area (Å²) in [5.41, 5.74) is -0.351. The molecule has 29 heavy (non-hydrogen) atoms. The van der Waals surface area contributed by atoms with E-state index in [4.69, 9.17) is 21.1 Å². The Morgan fingerprint density at radius 3 is 1.97 bits per heavy atom. The molecule has 0 unspecified atom stereocenters. The smallest absolute Gasteiger partial charge is 0.424 e. The normalized spacial score (nSPS) is 11.7. The second kappa shape index (κ2) is 9.00. The molecule has 1 N–H and O–H groups in total. The van der Waals surface area contributed by atoms with Gasteiger partial charge in [0.15, 0.2) is 4.47 Å². The van der Waals surface area contributed by atoms with Crippen LogP contribution in [0.1, 0.15) is 46.4 Å². The molecule has 1 aromatic heterocycles. The molecule has 158 valence electrons. The molecule has 0 aliphatic carbocycles. The molecule has 2 aromatic rings. The van der Waals surface area contributed by atoms with E-state index in [2.05, 4.69) is 10.3 Å². The predicted octanol–water partition coefficient (Wildman–Crippen LogP) is 6.09. The van der Waals surface area contributed by atoms with Crippen molar-refractivity contribution in [2.45, 2.75) is 59.3 Å². The fourth-order valence-electron chi connectivity index (χ4n) is 2.18. The average Bonchev–Trinajstić information content (AvgIpc) is 2.96. The fraction of sp³-hybridized carbons (Fsp3) is 0.450. The quantitative estimate of drug-likeness (QED) is 0.621. The van der Waals surface area contributed by atoms with Gasteiger partial charge in [0.05, 0.1) is 12.2 Å². The van der Waals surface area contributed by atoms with Crippen molar-refractivity contribution in [3.05, 3.63) is 39.8 Å². The number of carbonyl (C=O) groups excluding carboxylic acids is 2. The van der Waals surface area contributed by atoms with Crippen LogP contribution in [-0.4, -0.2) is 28.4 Å². The molecule has 0 saturated heterocycles. The molecule has 0 spiro atoms. The summed E-state index contributed by atoms with van der Waals surface area (Å²) in [6, 6.07) is 6.82. The van der Waals surface area contributed by atoms with Gasteiger partial charge in [-0.25, -0.2) is 14.6 Å². The second-order valence-electron chi connectivity index (χ2n) is 8.28. The first-order valence-electron chi connectivity index (χ1n) is 9.04. The van der Waals surface area contributed by atoms with Crippen molar-refractivity contribution in [1.29, 1.82) is 0 Å². The van der Waals surface area contributed by atoms with Gasteiger partial charge in [0.25, 0.3) is 0 Å². The maximum atomic E-state index is 12.7. The lowest BCUT2D eigenvalue weighted by Crippen LogP contribution is -2.43. The molecule has 0 aliphatic rings. The van der Waals surface area contributed by atoms with Crippen molar-refractivity contribution in [2.75, 3.05) is 10.2 Å². The topological polar surface area (TPSA) is 80.8 Å². The zero-order chi connectivity index (χ0) is 21.8. The number of carbonyl (C=O) groups is 2. The molecule has 2 rings (SSSR count). The van der Waals surface area contributed by atoms with Gasteiger partial charge in [-0.3, -0.25) is 0 Å². The van der Waals surface area contributed by atoms with E-state index < -0.39 is 23.4 Å². The van der Waals surface area contributed by atoms with Crippen LogP contribution in [0.4, 0.5) is 21.0 Å². The first-order valence-corrected chi connectivity index (χ1v) is 10.2. The van der Waals surface area contributed by atoms with E-state index >= 15 is 0 Å². The zero-order valence-electron chi connectivity index (χ0n) is 17.4. The third kappa shape index (κ3) is 7.55. The molecule has 0 aliphatic heterocycles. The maximum Gasteiger partial charge on any atom is 0.424 e. The molecule has 7 nitrogen and oxygen atoms in total. The van der Waals surface area contributed by atoms with E-state index in [0.29, 0.717) is 16.7 Å². The number of rotatable bonds is 4. The minimum atomic E-state index is -0.799.